The van der Waals surface area contributed by atoms with E-state index in [0.29, 0.717) is 24.2 Å². The fraction of sp³-hybridized carbons (Fsp3) is 0.478. The summed E-state index contributed by atoms with van der Waals surface area (Å²) in [6.45, 7) is 8.18. The number of piperidine rings is 1. The number of aryl methyl sites for hydroxylation is 1. The fourth-order valence-corrected chi connectivity index (χ4v) is 7.19. The standard InChI is InChI=1S/C23H31FN2O4S2/c1-17-8-13-20(16-21(17)32(29,30)26-14-6-5-7-15-26)31(27,28)25-22(23(2,3)4)18-9-11-19(24)12-10-18/h8-13,16,22,25H,5-7,14-15H2,1-4H3. The molecule has 1 fully saturated rings. The third-order valence-corrected chi connectivity index (χ3v) is 9.21. The van der Waals surface area contributed by atoms with Crippen LogP contribution in [0.1, 0.15) is 57.2 Å². The maximum Gasteiger partial charge on any atom is 0.243 e. The molecule has 0 bridgehead atoms. The smallest absolute Gasteiger partial charge is 0.207 e. The van der Waals surface area contributed by atoms with Gasteiger partial charge in [-0.25, -0.2) is 25.9 Å². The number of nitrogens with one attached hydrogen (secondary N) is 1. The third-order valence-electron chi connectivity index (χ3n) is 5.75. The van der Waals surface area contributed by atoms with Crippen molar-refractivity contribution in [3.05, 3.63) is 59.4 Å². The van der Waals surface area contributed by atoms with Gasteiger partial charge in [0.2, 0.25) is 20.0 Å². The van der Waals surface area contributed by atoms with Crippen LogP contribution in [-0.2, 0) is 20.0 Å². The Morgan fingerprint density at radius 2 is 1.53 bits per heavy atom. The van der Waals surface area contributed by atoms with Gasteiger partial charge in [-0.1, -0.05) is 45.4 Å². The Kier molecular flexibility index (Phi) is 7.14. The molecule has 1 aliphatic heterocycles. The predicted octanol–water partition coefficient (Wildman–Crippen LogP) is 4.37. The highest BCUT2D eigenvalue weighted by atomic mass is 32.2. The van der Waals surface area contributed by atoms with Crippen molar-refractivity contribution in [3.63, 3.8) is 0 Å². The summed E-state index contributed by atoms with van der Waals surface area (Å²) in [5, 5.41) is 0. The zero-order valence-electron chi connectivity index (χ0n) is 18.9. The first-order valence-electron chi connectivity index (χ1n) is 10.7. The number of benzene rings is 2. The summed E-state index contributed by atoms with van der Waals surface area (Å²) in [6.07, 6.45) is 2.58. The van der Waals surface area contributed by atoms with Crippen LogP contribution in [0, 0.1) is 18.2 Å². The van der Waals surface area contributed by atoms with E-state index in [1.165, 1.54) is 34.6 Å². The molecule has 0 radical (unpaired) electrons. The molecule has 0 aliphatic carbocycles. The van der Waals surface area contributed by atoms with Crippen LogP contribution in [0.15, 0.2) is 52.3 Å². The minimum atomic E-state index is -4.06. The van der Waals surface area contributed by atoms with Crippen molar-refractivity contribution in [2.45, 2.75) is 62.8 Å². The molecule has 6 nitrogen and oxygen atoms in total. The van der Waals surface area contributed by atoms with Crippen LogP contribution < -0.4 is 4.72 Å². The van der Waals surface area contributed by atoms with Gasteiger partial charge in [0.05, 0.1) is 15.8 Å². The lowest BCUT2D eigenvalue weighted by molar-refractivity contribution is 0.304. The Morgan fingerprint density at radius 3 is 2.09 bits per heavy atom. The van der Waals surface area contributed by atoms with Crippen molar-refractivity contribution in [3.8, 4) is 0 Å². The van der Waals surface area contributed by atoms with E-state index in [4.69, 9.17) is 0 Å². The van der Waals surface area contributed by atoms with Gasteiger partial charge < -0.3 is 0 Å². The summed E-state index contributed by atoms with van der Waals surface area (Å²) in [4.78, 5) is -0.105. The van der Waals surface area contributed by atoms with E-state index in [0.717, 1.165) is 19.3 Å². The number of sulfonamides is 2. The molecule has 2 aromatic carbocycles. The average molecular weight is 483 g/mol. The van der Waals surface area contributed by atoms with E-state index in [9.17, 15) is 21.2 Å². The quantitative estimate of drug-likeness (QED) is 0.663. The van der Waals surface area contributed by atoms with Crippen molar-refractivity contribution < 1.29 is 21.2 Å². The zero-order valence-corrected chi connectivity index (χ0v) is 20.6. The van der Waals surface area contributed by atoms with Gasteiger partial charge in [0.15, 0.2) is 0 Å². The highest BCUT2D eigenvalue weighted by molar-refractivity contribution is 7.90. The molecule has 1 heterocycles. The summed E-state index contributed by atoms with van der Waals surface area (Å²) in [6, 6.07) is 9.22. The number of hydrogen-bond acceptors (Lipinski definition) is 4. The molecular weight excluding hydrogens is 451 g/mol. The van der Waals surface area contributed by atoms with E-state index in [2.05, 4.69) is 4.72 Å². The SMILES string of the molecule is Cc1ccc(S(=O)(=O)NC(c2ccc(F)cc2)C(C)(C)C)cc1S(=O)(=O)N1CCCCC1. The number of halogens is 1. The molecule has 1 saturated heterocycles. The Balaban J connectivity index is 1.99. The minimum absolute atomic E-state index is 0.0105. The summed E-state index contributed by atoms with van der Waals surface area (Å²) >= 11 is 0. The molecule has 1 aliphatic rings. The van der Waals surface area contributed by atoms with Crippen LogP contribution in [0.2, 0.25) is 0 Å². The lowest BCUT2D eigenvalue weighted by Crippen LogP contribution is -2.37. The van der Waals surface area contributed by atoms with E-state index in [1.807, 2.05) is 20.8 Å². The Hall–Kier alpha value is -1.81. The van der Waals surface area contributed by atoms with Gasteiger partial charge in [-0.2, -0.15) is 4.31 Å². The molecule has 9 heteroatoms. The molecule has 0 amide bonds. The fourth-order valence-electron chi connectivity index (χ4n) is 3.89. The molecule has 1 atom stereocenters. The first-order chi connectivity index (χ1) is 14.8. The second-order valence-corrected chi connectivity index (χ2v) is 13.0. The Labute approximate surface area is 190 Å². The molecule has 1 N–H and O–H groups in total. The number of rotatable bonds is 6. The van der Waals surface area contributed by atoms with Crippen LogP contribution in [0.5, 0.6) is 0 Å². The third kappa shape index (κ3) is 5.39. The average Bonchev–Trinajstić information content (AvgIpc) is 2.73. The molecule has 1 unspecified atom stereocenters. The molecule has 0 spiro atoms. The summed E-state index contributed by atoms with van der Waals surface area (Å²) < 4.78 is 70.5. The maximum atomic E-state index is 13.4. The first kappa shape index (κ1) is 24.8. The van der Waals surface area contributed by atoms with Gasteiger partial charge in [-0.15, -0.1) is 0 Å². The predicted molar refractivity (Wildman–Crippen MR) is 123 cm³/mol. The van der Waals surface area contributed by atoms with Crippen LogP contribution >= 0.6 is 0 Å². The molecular formula is C23H31FN2O4S2. The van der Waals surface area contributed by atoms with Gasteiger partial charge >= 0.3 is 0 Å². The Bertz CT molecular complexity index is 1170. The normalized spacial score (nSPS) is 17.3. The van der Waals surface area contributed by atoms with Gasteiger partial charge in [-0.3, -0.25) is 0 Å². The van der Waals surface area contributed by atoms with E-state index >= 15 is 0 Å². The van der Waals surface area contributed by atoms with Crippen molar-refractivity contribution in [1.82, 2.24) is 9.03 Å². The highest BCUT2D eigenvalue weighted by Gasteiger charge is 2.33. The lowest BCUT2D eigenvalue weighted by Gasteiger charge is -2.32. The van der Waals surface area contributed by atoms with Gasteiger partial charge in [0.1, 0.15) is 5.82 Å². The largest absolute Gasteiger partial charge is 0.243 e. The molecule has 0 aromatic heterocycles. The van der Waals surface area contributed by atoms with Gasteiger partial charge in [0.25, 0.3) is 0 Å². The van der Waals surface area contributed by atoms with E-state index in [-0.39, 0.29) is 9.79 Å². The highest BCUT2D eigenvalue weighted by Crippen LogP contribution is 2.35. The molecule has 32 heavy (non-hydrogen) atoms. The summed E-state index contributed by atoms with van der Waals surface area (Å²) in [5.74, 6) is -0.407. The van der Waals surface area contributed by atoms with Crippen molar-refractivity contribution >= 4 is 20.0 Å². The molecule has 2 aromatic rings. The van der Waals surface area contributed by atoms with Crippen molar-refractivity contribution in [2.75, 3.05) is 13.1 Å². The number of hydrogen-bond donors (Lipinski definition) is 1. The second-order valence-electron chi connectivity index (χ2n) is 9.36. The van der Waals surface area contributed by atoms with Gasteiger partial charge in [-0.05, 0) is 60.6 Å². The molecule has 176 valence electrons. The van der Waals surface area contributed by atoms with E-state index < -0.39 is 37.3 Å². The maximum absolute atomic E-state index is 13.4. The second kappa shape index (κ2) is 9.21. The molecule has 0 saturated carbocycles. The van der Waals surface area contributed by atoms with Crippen LogP contribution in [0.4, 0.5) is 4.39 Å². The topological polar surface area (TPSA) is 83.5 Å². The summed E-state index contributed by atoms with van der Waals surface area (Å²) in [7, 11) is -7.85. The lowest BCUT2D eigenvalue weighted by atomic mass is 9.83. The monoisotopic (exact) mass is 482 g/mol. The zero-order chi connectivity index (χ0) is 23.7. The molecule has 3 rings (SSSR count). The minimum Gasteiger partial charge on any atom is -0.207 e. The Morgan fingerprint density at radius 1 is 0.938 bits per heavy atom. The van der Waals surface area contributed by atoms with E-state index in [1.54, 1.807) is 19.1 Å². The first-order valence-corrected chi connectivity index (χ1v) is 13.6. The van der Waals surface area contributed by atoms with Crippen molar-refractivity contribution in [1.29, 1.82) is 0 Å². The van der Waals surface area contributed by atoms with Crippen molar-refractivity contribution in [2.24, 2.45) is 5.41 Å². The van der Waals surface area contributed by atoms with Crippen LogP contribution in [0.3, 0.4) is 0 Å². The van der Waals surface area contributed by atoms with Crippen LogP contribution in [-0.4, -0.2) is 34.2 Å². The van der Waals surface area contributed by atoms with Crippen LogP contribution in [0.25, 0.3) is 0 Å². The summed E-state index contributed by atoms with van der Waals surface area (Å²) in [5.41, 5.74) is 0.606. The number of nitrogens with zero attached hydrogens (tertiary/aromatic N) is 1. The van der Waals surface area contributed by atoms with Gasteiger partial charge in [0, 0.05) is 13.1 Å².